The number of carbonyl (C=O) groups is 2. The maximum Gasteiger partial charge on any atom is 0.422 e. The topological polar surface area (TPSA) is 79.3 Å². The van der Waals surface area contributed by atoms with E-state index in [1.807, 2.05) is 0 Å². The van der Waals surface area contributed by atoms with Gasteiger partial charge in [-0.3, -0.25) is 4.79 Å². The fraction of sp³-hybridized carbons (Fsp3) is 0.300. The van der Waals surface area contributed by atoms with Crippen LogP contribution in [-0.2, 0) is 4.79 Å². The predicted octanol–water partition coefficient (Wildman–Crippen LogP) is 1.87. The number of aromatic nitrogens is 1. The van der Waals surface area contributed by atoms with Crippen molar-refractivity contribution in [2.24, 2.45) is 0 Å². The summed E-state index contributed by atoms with van der Waals surface area (Å²) in [6.07, 6.45) is -4.03. The minimum Gasteiger partial charge on any atom is -0.479 e. The molecule has 0 saturated heterocycles. The van der Waals surface area contributed by atoms with Gasteiger partial charge in [0.05, 0.1) is 0 Å². The molecule has 1 rings (SSSR count). The number of halogens is 4. The molecule has 1 aromatic heterocycles. The van der Waals surface area contributed by atoms with Gasteiger partial charge in [-0.1, -0.05) is 11.6 Å². The number of amides is 1. The zero-order valence-corrected chi connectivity index (χ0v) is 10.2. The number of pyridine rings is 1. The van der Waals surface area contributed by atoms with Crippen molar-refractivity contribution in [1.82, 2.24) is 10.3 Å². The summed E-state index contributed by atoms with van der Waals surface area (Å²) in [6, 6.07) is 2.13. The van der Waals surface area contributed by atoms with Gasteiger partial charge in [0.1, 0.15) is 5.15 Å². The van der Waals surface area contributed by atoms with Gasteiger partial charge in [0, 0.05) is 11.8 Å². The van der Waals surface area contributed by atoms with Crippen LogP contribution in [0.3, 0.4) is 0 Å². The molecule has 0 aliphatic heterocycles. The van der Waals surface area contributed by atoms with Crippen molar-refractivity contribution in [3.05, 3.63) is 29.0 Å². The second-order valence-electron chi connectivity index (χ2n) is 3.75. The molecule has 0 bridgehead atoms. The highest BCUT2D eigenvalue weighted by Crippen LogP contribution is 2.30. The third-order valence-electron chi connectivity index (χ3n) is 2.35. The molecular weight excluding hydrogens is 289 g/mol. The van der Waals surface area contributed by atoms with Gasteiger partial charge in [-0.15, -0.1) is 0 Å². The minimum absolute atomic E-state index is 0.100. The summed E-state index contributed by atoms with van der Waals surface area (Å²) in [5, 5.41) is 9.97. The van der Waals surface area contributed by atoms with E-state index in [1.165, 1.54) is 5.32 Å². The quantitative estimate of drug-likeness (QED) is 0.835. The molecule has 0 aliphatic carbocycles. The highest BCUT2D eigenvalue weighted by atomic mass is 35.5. The van der Waals surface area contributed by atoms with Crippen molar-refractivity contribution in [2.45, 2.75) is 18.6 Å². The highest BCUT2D eigenvalue weighted by molar-refractivity contribution is 6.29. The predicted molar refractivity (Wildman–Crippen MR) is 58.8 cm³/mol. The van der Waals surface area contributed by atoms with Gasteiger partial charge in [-0.2, -0.15) is 13.2 Å². The standard InChI is InChI=1S/C10H8ClF3N2O3/c1-9(8(18)19,10(12,13)14)16-7(17)5-2-3-15-6(11)4-5/h2-4H,1H3,(H,16,17)(H,18,19). The average Bonchev–Trinajstić information content (AvgIpc) is 2.27. The van der Waals surface area contributed by atoms with Crippen LogP contribution < -0.4 is 5.32 Å². The first kappa shape index (κ1) is 15.2. The lowest BCUT2D eigenvalue weighted by atomic mass is 10.0. The van der Waals surface area contributed by atoms with Crippen LogP contribution in [0.1, 0.15) is 17.3 Å². The summed E-state index contributed by atoms with van der Waals surface area (Å²) >= 11 is 5.48. The van der Waals surface area contributed by atoms with Gasteiger partial charge in [-0.25, -0.2) is 9.78 Å². The molecule has 2 N–H and O–H groups in total. The largest absolute Gasteiger partial charge is 0.479 e. The van der Waals surface area contributed by atoms with Crippen LogP contribution in [0.4, 0.5) is 13.2 Å². The number of carboxylic acids is 1. The van der Waals surface area contributed by atoms with Crippen molar-refractivity contribution < 1.29 is 27.9 Å². The first-order valence-electron chi connectivity index (χ1n) is 4.82. The van der Waals surface area contributed by atoms with Crippen molar-refractivity contribution >= 4 is 23.5 Å². The fourth-order valence-electron chi connectivity index (χ4n) is 1.09. The van der Waals surface area contributed by atoms with E-state index >= 15 is 0 Å². The summed E-state index contributed by atoms with van der Waals surface area (Å²) in [4.78, 5) is 25.9. The van der Waals surface area contributed by atoms with Gasteiger partial charge >= 0.3 is 12.1 Å². The van der Waals surface area contributed by atoms with Gasteiger partial charge in [0.15, 0.2) is 0 Å². The van der Waals surface area contributed by atoms with Crippen LogP contribution in [0.2, 0.25) is 5.15 Å². The smallest absolute Gasteiger partial charge is 0.422 e. The van der Waals surface area contributed by atoms with Crippen molar-refractivity contribution in [3.63, 3.8) is 0 Å². The van der Waals surface area contributed by atoms with Crippen molar-refractivity contribution in [3.8, 4) is 0 Å². The molecule has 1 unspecified atom stereocenters. The maximum atomic E-state index is 12.7. The third-order valence-corrected chi connectivity index (χ3v) is 2.55. The van der Waals surface area contributed by atoms with Gasteiger partial charge < -0.3 is 10.4 Å². The monoisotopic (exact) mass is 296 g/mol. The van der Waals surface area contributed by atoms with Crippen LogP contribution in [0.5, 0.6) is 0 Å². The molecule has 0 aliphatic rings. The number of aliphatic carboxylic acids is 1. The zero-order valence-electron chi connectivity index (χ0n) is 9.45. The zero-order chi connectivity index (χ0) is 14.8. The van der Waals surface area contributed by atoms with Crippen LogP contribution in [0, 0.1) is 0 Å². The number of alkyl halides is 3. The Morgan fingerprint density at radius 1 is 1.42 bits per heavy atom. The third kappa shape index (κ3) is 3.14. The minimum atomic E-state index is -5.15. The molecule has 0 saturated carbocycles. The van der Waals surface area contributed by atoms with Crippen molar-refractivity contribution in [1.29, 1.82) is 0 Å². The molecule has 0 spiro atoms. The summed E-state index contributed by atoms with van der Waals surface area (Å²) < 4.78 is 38.0. The first-order chi connectivity index (χ1) is 8.58. The Balaban J connectivity index is 3.06. The Labute approximate surface area is 110 Å². The van der Waals surface area contributed by atoms with Gasteiger partial charge in [0.2, 0.25) is 5.54 Å². The Kier molecular flexibility index (Phi) is 4.04. The molecule has 0 radical (unpaired) electrons. The molecule has 9 heteroatoms. The Morgan fingerprint density at radius 3 is 2.42 bits per heavy atom. The van der Waals surface area contributed by atoms with Crippen molar-refractivity contribution in [2.75, 3.05) is 0 Å². The number of nitrogens with one attached hydrogen (secondary N) is 1. The number of carboxylic acid groups (broad SMARTS) is 1. The van der Waals surface area contributed by atoms with E-state index in [4.69, 9.17) is 16.7 Å². The lowest BCUT2D eigenvalue weighted by Gasteiger charge is -2.28. The summed E-state index contributed by atoms with van der Waals surface area (Å²) in [5.74, 6) is -3.43. The van der Waals surface area contributed by atoms with E-state index in [9.17, 15) is 22.8 Å². The van der Waals surface area contributed by atoms with Crippen LogP contribution >= 0.6 is 11.6 Å². The van der Waals surface area contributed by atoms with E-state index in [1.54, 1.807) is 0 Å². The summed E-state index contributed by atoms with van der Waals surface area (Å²) in [5.41, 5.74) is -3.61. The van der Waals surface area contributed by atoms with Crippen LogP contribution in [0.25, 0.3) is 0 Å². The van der Waals surface area contributed by atoms with Crippen LogP contribution in [0.15, 0.2) is 18.3 Å². The molecule has 1 amide bonds. The van der Waals surface area contributed by atoms with E-state index in [-0.39, 0.29) is 10.7 Å². The second-order valence-corrected chi connectivity index (χ2v) is 4.14. The maximum absolute atomic E-state index is 12.7. The summed E-state index contributed by atoms with van der Waals surface area (Å²) in [6.45, 7) is 0.357. The number of rotatable bonds is 3. The molecular formula is C10H8ClF3N2O3. The number of carbonyl (C=O) groups excluding carboxylic acids is 1. The van der Waals surface area contributed by atoms with Gasteiger partial charge in [-0.05, 0) is 19.1 Å². The molecule has 1 heterocycles. The number of nitrogens with zero attached hydrogens (tertiary/aromatic N) is 1. The Morgan fingerprint density at radius 2 is 2.00 bits per heavy atom. The van der Waals surface area contributed by atoms with Crippen LogP contribution in [-0.4, -0.2) is 33.7 Å². The first-order valence-corrected chi connectivity index (χ1v) is 5.20. The second kappa shape index (κ2) is 5.04. The fourth-order valence-corrected chi connectivity index (χ4v) is 1.26. The molecule has 0 fully saturated rings. The molecule has 104 valence electrons. The Hall–Kier alpha value is -1.83. The Bertz CT molecular complexity index is 521. The highest BCUT2D eigenvalue weighted by Gasteiger charge is 2.58. The SMILES string of the molecule is CC(NC(=O)c1ccnc(Cl)c1)(C(=O)O)C(F)(F)F. The number of hydrogen-bond acceptors (Lipinski definition) is 3. The molecule has 0 aromatic carbocycles. The average molecular weight is 297 g/mol. The van der Waals surface area contributed by atoms with Gasteiger partial charge in [0.25, 0.3) is 5.91 Å². The molecule has 19 heavy (non-hydrogen) atoms. The lowest BCUT2D eigenvalue weighted by molar-refractivity contribution is -0.203. The van der Waals surface area contributed by atoms with E-state index in [0.29, 0.717) is 6.92 Å². The lowest BCUT2D eigenvalue weighted by Crippen LogP contribution is -2.61. The molecule has 5 nitrogen and oxygen atoms in total. The normalized spacial score (nSPS) is 14.6. The molecule has 1 atom stereocenters. The van der Waals surface area contributed by atoms with E-state index in [2.05, 4.69) is 4.98 Å². The summed E-state index contributed by atoms with van der Waals surface area (Å²) in [7, 11) is 0. The van der Waals surface area contributed by atoms with E-state index in [0.717, 1.165) is 18.3 Å². The molecule has 1 aromatic rings. The number of hydrogen-bond donors (Lipinski definition) is 2. The van der Waals surface area contributed by atoms with E-state index < -0.39 is 23.6 Å².